The van der Waals surface area contributed by atoms with Crippen LogP contribution in [0.2, 0.25) is 0 Å². The summed E-state index contributed by atoms with van der Waals surface area (Å²) in [4.78, 5) is 47.7. The van der Waals surface area contributed by atoms with E-state index in [1.54, 1.807) is 32.9 Å². The fraction of sp³-hybridized carbons (Fsp3) is 0.478. The molecule has 2 aromatic rings. The Labute approximate surface area is 204 Å². The first-order valence-electron chi connectivity index (χ1n) is 10.8. The van der Waals surface area contributed by atoms with Gasteiger partial charge in [-0.2, -0.15) is 0 Å². The van der Waals surface area contributed by atoms with E-state index >= 15 is 0 Å². The minimum absolute atomic E-state index is 0.140. The summed E-state index contributed by atoms with van der Waals surface area (Å²) in [7, 11) is 0. The van der Waals surface area contributed by atoms with E-state index in [1.165, 1.54) is 4.57 Å². The van der Waals surface area contributed by atoms with Gasteiger partial charge in [-0.15, -0.1) is 0 Å². The van der Waals surface area contributed by atoms with Gasteiger partial charge in [-0.1, -0.05) is 11.8 Å². The summed E-state index contributed by atoms with van der Waals surface area (Å²) < 4.78 is 17.7. The van der Waals surface area contributed by atoms with Crippen molar-refractivity contribution in [3.05, 3.63) is 32.7 Å². The second-order valence-electron chi connectivity index (χ2n) is 8.65. The molecular weight excluding hydrogens is 510 g/mol. The number of fused-ring (bicyclic) bond motifs is 1. The van der Waals surface area contributed by atoms with Gasteiger partial charge < -0.3 is 19.2 Å². The predicted octanol–water partition coefficient (Wildman–Crippen LogP) is 2.62. The number of carbonyl (C=O) groups excluding carboxylic acids is 3. The number of amides is 3. The molecule has 11 heteroatoms. The number of oxazole rings is 1. The Hall–Kier alpha value is -3.10. The molecule has 1 atom stereocenters. The van der Waals surface area contributed by atoms with E-state index in [9.17, 15) is 19.2 Å². The number of nitrogens with one attached hydrogen (secondary N) is 2. The molecule has 3 rings (SSSR count). The van der Waals surface area contributed by atoms with Gasteiger partial charge >= 0.3 is 11.8 Å². The lowest BCUT2D eigenvalue weighted by atomic mass is 10.1. The van der Waals surface area contributed by atoms with Gasteiger partial charge in [0.15, 0.2) is 5.58 Å². The first-order valence-corrected chi connectivity index (χ1v) is 11.6. The van der Waals surface area contributed by atoms with Gasteiger partial charge in [0.1, 0.15) is 18.2 Å². The predicted molar refractivity (Wildman–Crippen MR) is 126 cm³/mol. The molecule has 2 heterocycles. The zero-order chi connectivity index (χ0) is 24.9. The second kappa shape index (κ2) is 10.9. The van der Waals surface area contributed by atoms with Crippen molar-refractivity contribution in [1.82, 2.24) is 15.2 Å². The highest BCUT2D eigenvalue weighted by Crippen LogP contribution is 2.29. The SMILES string of the molecule is CC(C)(C)OC(=O)NCCCOCC#Cc1cc(Br)c2oc(=O)n(C3CCC(=O)NC3=O)c2c1. The highest BCUT2D eigenvalue weighted by molar-refractivity contribution is 9.10. The molecule has 1 aromatic carbocycles. The van der Waals surface area contributed by atoms with Gasteiger partial charge in [-0.3, -0.25) is 19.5 Å². The van der Waals surface area contributed by atoms with E-state index < -0.39 is 29.4 Å². The molecule has 1 aliphatic rings. The lowest BCUT2D eigenvalue weighted by Crippen LogP contribution is -2.43. The molecule has 3 amide bonds. The topological polar surface area (TPSA) is 129 Å². The normalized spacial score (nSPS) is 16.1. The first-order chi connectivity index (χ1) is 16.0. The number of benzene rings is 1. The van der Waals surface area contributed by atoms with Crippen LogP contribution in [0.15, 0.2) is 25.8 Å². The number of nitrogens with zero attached hydrogens (tertiary/aromatic N) is 1. The smallest absolute Gasteiger partial charge is 0.420 e. The van der Waals surface area contributed by atoms with Crippen LogP contribution in [0.3, 0.4) is 0 Å². The molecular formula is C23H26BrN3O7. The number of imide groups is 1. The van der Waals surface area contributed by atoms with Crippen LogP contribution in [0.4, 0.5) is 4.79 Å². The molecule has 1 fully saturated rings. The van der Waals surface area contributed by atoms with Crippen molar-refractivity contribution in [2.75, 3.05) is 19.8 Å². The van der Waals surface area contributed by atoms with Gasteiger partial charge in [0, 0.05) is 25.1 Å². The number of hydrogen-bond donors (Lipinski definition) is 2. The Morgan fingerprint density at radius 3 is 2.79 bits per heavy atom. The summed E-state index contributed by atoms with van der Waals surface area (Å²) in [6, 6.07) is 2.53. The van der Waals surface area contributed by atoms with Crippen molar-refractivity contribution >= 4 is 44.9 Å². The number of alkyl carbamates (subject to hydrolysis) is 1. The maximum Gasteiger partial charge on any atom is 0.420 e. The van der Waals surface area contributed by atoms with Gasteiger partial charge in [0.25, 0.3) is 0 Å². The van der Waals surface area contributed by atoms with E-state index in [0.717, 1.165) is 0 Å². The van der Waals surface area contributed by atoms with E-state index in [-0.39, 0.29) is 25.4 Å². The first kappa shape index (κ1) is 25.5. The second-order valence-corrected chi connectivity index (χ2v) is 9.50. The fourth-order valence-electron chi connectivity index (χ4n) is 3.33. The van der Waals surface area contributed by atoms with Gasteiger partial charge in [-0.05, 0) is 61.7 Å². The van der Waals surface area contributed by atoms with Crippen LogP contribution in [0.1, 0.15) is 51.6 Å². The Balaban J connectivity index is 1.58. The number of halogens is 1. The van der Waals surface area contributed by atoms with Crippen LogP contribution in [0.5, 0.6) is 0 Å². The summed E-state index contributed by atoms with van der Waals surface area (Å²) in [5, 5.41) is 4.90. The standard InChI is InChI=1S/C23H26BrN3O7/c1-23(2,3)34-21(30)25-9-5-11-32-10-4-6-14-12-15(24)19-17(13-14)27(22(31)33-19)16-7-8-18(28)26-20(16)29/h12-13,16H,5,7-11H2,1-3H3,(H,25,30)(H,26,28,29). The molecule has 34 heavy (non-hydrogen) atoms. The highest BCUT2D eigenvalue weighted by atomic mass is 79.9. The molecule has 0 saturated carbocycles. The van der Waals surface area contributed by atoms with Crippen molar-refractivity contribution in [1.29, 1.82) is 0 Å². The highest BCUT2D eigenvalue weighted by Gasteiger charge is 2.31. The molecule has 182 valence electrons. The largest absolute Gasteiger partial charge is 0.444 e. The molecule has 10 nitrogen and oxygen atoms in total. The number of aromatic nitrogens is 1. The molecule has 0 bridgehead atoms. The molecule has 1 unspecified atom stereocenters. The van der Waals surface area contributed by atoms with Crippen LogP contribution in [0.25, 0.3) is 11.1 Å². The minimum Gasteiger partial charge on any atom is -0.444 e. The molecule has 0 aliphatic carbocycles. The maximum absolute atomic E-state index is 12.4. The van der Waals surface area contributed by atoms with Crippen molar-refractivity contribution in [2.24, 2.45) is 0 Å². The molecule has 1 saturated heterocycles. The fourth-order valence-corrected chi connectivity index (χ4v) is 3.86. The van der Waals surface area contributed by atoms with Crippen LogP contribution in [-0.2, 0) is 19.1 Å². The quantitative estimate of drug-likeness (QED) is 0.330. The molecule has 1 aromatic heterocycles. The van der Waals surface area contributed by atoms with Crippen LogP contribution in [0, 0.1) is 11.8 Å². The van der Waals surface area contributed by atoms with Gasteiger partial charge in [-0.25, -0.2) is 9.59 Å². The summed E-state index contributed by atoms with van der Waals surface area (Å²) in [5.41, 5.74) is 0.763. The third-order valence-electron chi connectivity index (χ3n) is 4.73. The van der Waals surface area contributed by atoms with E-state index in [2.05, 4.69) is 38.4 Å². The summed E-state index contributed by atoms with van der Waals surface area (Å²) in [6.45, 7) is 6.39. The number of carbonyl (C=O) groups is 3. The van der Waals surface area contributed by atoms with E-state index in [1.807, 2.05) is 0 Å². The maximum atomic E-state index is 12.4. The molecule has 0 radical (unpaired) electrons. The minimum atomic E-state index is -0.834. The van der Waals surface area contributed by atoms with Crippen LogP contribution in [-0.4, -0.2) is 47.8 Å². The third-order valence-corrected chi connectivity index (χ3v) is 5.32. The lowest BCUT2D eigenvalue weighted by Gasteiger charge is -2.21. The van der Waals surface area contributed by atoms with Gasteiger partial charge in [0.2, 0.25) is 11.8 Å². The van der Waals surface area contributed by atoms with Gasteiger partial charge in [0.05, 0.1) is 9.99 Å². The van der Waals surface area contributed by atoms with Crippen molar-refractivity contribution in [2.45, 2.75) is 51.7 Å². The molecule has 0 spiro atoms. The monoisotopic (exact) mass is 535 g/mol. The summed E-state index contributed by atoms with van der Waals surface area (Å²) in [5.74, 6) is 4.28. The Kier molecular flexibility index (Phi) is 8.17. The van der Waals surface area contributed by atoms with E-state index in [0.29, 0.717) is 40.7 Å². The van der Waals surface area contributed by atoms with Crippen molar-refractivity contribution < 1.29 is 28.3 Å². The summed E-state index contributed by atoms with van der Waals surface area (Å²) in [6.07, 6.45) is 0.485. The average Bonchev–Trinajstić information content (AvgIpc) is 3.05. The number of hydrogen-bond acceptors (Lipinski definition) is 7. The Morgan fingerprint density at radius 1 is 1.32 bits per heavy atom. The van der Waals surface area contributed by atoms with E-state index in [4.69, 9.17) is 13.9 Å². The Bertz CT molecular complexity index is 1210. The van der Waals surface area contributed by atoms with Crippen LogP contribution >= 0.6 is 15.9 Å². The Morgan fingerprint density at radius 2 is 2.09 bits per heavy atom. The average molecular weight is 536 g/mol. The number of ether oxygens (including phenoxy) is 2. The number of piperidine rings is 1. The molecule has 1 aliphatic heterocycles. The third kappa shape index (κ3) is 6.71. The zero-order valence-corrected chi connectivity index (χ0v) is 20.7. The zero-order valence-electron chi connectivity index (χ0n) is 19.2. The van der Waals surface area contributed by atoms with Crippen molar-refractivity contribution in [3.63, 3.8) is 0 Å². The molecule has 2 N–H and O–H groups in total. The number of rotatable bonds is 6. The van der Waals surface area contributed by atoms with Crippen molar-refractivity contribution in [3.8, 4) is 11.8 Å². The summed E-state index contributed by atoms with van der Waals surface area (Å²) >= 11 is 3.38. The van der Waals surface area contributed by atoms with Crippen LogP contribution < -0.4 is 16.4 Å². The lowest BCUT2D eigenvalue weighted by molar-refractivity contribution is -0.135.